The highest BCUT2D eigenvalue weighted by atomic mass is 32.1. The molecule has 1 aromatic rings. The van der Waals surface area contributed by atoms with Gasteiger partial charge in [0.05, 0.1) is 10.6 Å². The normalized spacial score (nSPS) is 19.9. The van der Waals surface area contributed by atoms with E-state index in [1.54, 1.807) is 11.3 Å². The zero-order valence-corrected chi connectivity index (χ0v) is 12.2. The summed E-state index contributed by atoms with van der Waals surface area (Å²) in [6.07, 6.45) is 9.46. The molecule has 3 rings (SSSR count). The second-order valence-corrected chi connectivity index (χ2v) is 6.79. The Hall–Kier alpha value is -1.03. The number of carbonyl (C=O) groups excluding carboxylic acids is 1. The maximum atomic E-state index is 12.7. The van der Waals surface area contributed by atoms with Crippen LogP contribution in [-0.4, -0.2) is 23.9 Å². The summed E-state index contributed by atoms with van der Waals surface area (Å²) in [4.78, 5) is 16.0. The van der Waals surface area contributed by atoms with E-state index in [2.05, 4.69) is 0 Å². The van der Waals surface area contributed by atoms with E-state index in [0.717, 1.165) is 49.3 Å². The predicted octanol–water partition coefficient (Wildman–Crippen LogP) is 3.23. The van der Waals surface area contributed by atoms with Crippen molar-refractivity contribution in [2.75, 3.05) is 18.8 Å². The van der Waals surface area contributed by atoms with Crippen LogP contribution in [0.4, 0.5) is 5.00 Å². The van der Waals surface area contributed by atoms with Gasteiger partial charge in [-0.3, -0.25) is 4.79 Å². The number of nitrogen functional groups attached to an aromatic ring is 1. The van der Waals surface area contributed by atoms with E-state index in [4.69, 9.17) is 5.73 Å². The lowest BCUT2D eigenvalue weighted by molar-refractivity contribution is 0.0793. The molecule has 4 heteroatoms. The molecule has 0 spiro atoms. The third kappa shape index (κ3) is 2.50. The number of hydrogen-bond acceptors (Lipinski definition) is 3. The minimum Gasteiger partial charge on any atom is -0.390 e. The van der Waals surface area contributed by atoms with Gasteiger partial charge in [0, 0.05) is 18.0 Å². The summed E-state index contributed by atoms with van der Waals surface area (Å²) in [6, 6.07) is 0. The first-order valence-corrected chi connectivity index (χ1v) is 8.28. The van der Waals surface area contributed by atoms with E-state index in [9.17, 15) is 4.79 Å². The van der Waals surface area contributed by atoms with Gasteiger partial charge in [-0.25, -0.2) is 0 Å². The molecule has 0 bridgehead atoms. The monoisotopic (exact) mass is 278 g/mol. The Kier molecular flexibility index (Phi) is 3.78. The van der Waals surface area contributed by atoms with Gasteiger partial charge in [0.25, 0.3) is 5.91 Å². The van der Waals surface area contributed by atoms with Gasteiger partial charge in [-0.1, -0.05) is 12.8 Å². The van der Waals surface area contributed by atoms with Crippen LogP contribution in [0.25, 0.3) is 0 Å². The molecule has 3 nitrogen and oxygen atoms in total. The average molecular weight is 278 g/mol. The summed E-state index contributed by atoms with van der Waals surface area (Å²) in [5.41, 5.74) is 8.29. The lowest BCUT2D eigenvalue weighted by atomic mass is 9.96. The highest BCUT2D eigenvalue weighted by molar-refractivity contribution is 7.16. The summed E-state index contributed by atoms with van der Waals surface area (Å²) in [7, 11) is 0. The predicted molar refractivity (Wildman–Crippen MR) is 79.7 cm³/mol. The smallest absolute Gasteiger partial charge is 0.257 e. The minimum atomic E-state index is 0.188. The Labute approximate surface area is 118 Å². The van der Waals surface area contributed by atoms with Crippen LogP contribution in [0.3, 0.4) is 0 Å². The van der Waals surface area contributed by atoms with Crippen molar-refractivity contribution in [3.8, 4) is 0 Å². The highest BCUT2D eigenvalue weighted by Gasteiger charge is 2.27. The van der Waals surface area contributed by atoms with Crippen molar-refractivity contribution < 1.29 is 4.79 Å². The molecule has 0 saturated carbocycles. The first kappa shape index (κ1) is 13.0. The van der Waals surface area contributed by atoms with E-state index in [1.807, 2.05) is 4.90 Å². The third-order valence-electron chi connectivity index (χ3n) is 4.31. The number of carbonyl (C=O) groups is 1. The molecular formula is C15H22N2OS. The number of amides is 1. The van der Waals surface area contributed by atoms with Gasteiger partial charge < -0.3 is 10.6 Å². The number of thiophene rings is 1. The molecule has 1 aliphatic heterocycles. The molecule has 0 atom stereocenters. The number of likely N-dealkylation sites (tertiary alicyclic amines) is 1. The number of hydrogen-bond donors (Lipinski definition) is 1. The largest absolute Gasteiger partial charge is 0.390 e. The summed E-state index contributed by atoms with van der Waals surface area (Å²) >= 11 is 1.66. The number of aryl methyl sites for hydroxylation is 1. The van der Waals surface area contributed by atoms with E-state index in [0.29, 0.717) is 0 Å². The second-order valence-electron chi connectivity index (χ2n) is 5.66. The molecule has 104 valence electrons. The topological polar surface area (TPSA) is 46.3 Å². The Morgan fingerprint density at radius 3 is 2.42 bits per heavy atom. The molecule has 19 heavy (non-hydrogen) atoms. The molecular weight excluding hydrogens is 256 g/mol. The van der Waals surface area contributed by atoms with Crippen molar-refractivity contribution in [2.24, 2.45) is 0 Å². The van der Waals surface area contributed by atoms with Crippen LogP contribution in [0, 0.1) is 0 Å². The van der Waals surface area contributed by atoms with Crippen molar-refractivity contribution in [1.29, 1.82) is 0 Å². The van der Waals surface area contributed by atoms with Crippen LogP contribution >= 0.6 is 11.3 Å². The molecule has 0 aromatic carbocycles. The quantitative estimate of drug-likeness (QED) is 0.857. The Morgan fingerprint density at radius 1 is 1.00 bits per heavy atom. The van der Waals surface area contributed by atoms with Crippen molar-refractivity contribution in [3.63, 3.8) is 0 Å². The highest BCUT2D eigenvalue weighted by Crippen LogP contribution is 2.36. The van der Waals surface area contributed by atoms with Gasteiger partial charge in [0.15, 0.2) is 0 Å². The lowest BCUT2D eigenvalue weighted by Crippen LogP contribution is -2.28. The Morgan fingerprint density at radius 2 is 1.68 bits per heavy atom. The molecule has 2 aliphatic rings. The second kappa shape index (κ2) is 5.53. The summed E-state index contributed by atoms with van der Waals surface area (Å²) in [5, 5.41) is 0.754. The standard InChI is InChI=1S/C15H22N2OS/c16-14-13(15(18)17-9-5-6-10-17)11-7-3-1-2-4-8-12(11)19-14/h1-10,16H2. The summed E-state index contributed by atoms with van der Waals surface area (Å²) in [5.74, 6) is 0.188. The maximum Gasteiger partial charge on any atom is 0.257 e. The first-order valence-electron chi connectivity index (χ1n) is 7.46. The van der Waals surface area contributed by atoms with Crippen LogP contribution < -0.4 is 5.73 Å². The molecule has 0 unspecified atom stereocenters. The van der Waals surface area contributed by atoms with Crippen LogP contribution in [0.5, 0.6) is 0 Å². The zero-order valence-electron chi connectivity index (χ0n) is 11.4. The van der Waals surface area contributed by atoms with Crippen LogP contribution in [0.2, 0.25) is 0 Å². The number of anilines is 1. The van der Waals surface area contributed by atoms with Gasteiger partial charge in [-0.2, -0.15) is 0 Å². The van der Waals surface area contributed by atoms with Crippen molar-refractivity contribution in [3.05, 3.63) is 16.0 Å². The molecule has 0 radical (unpaired) electrons. The molecule has 1 saturated heterocycles. The Balaban J connectivity index is 1.93. The Bertz CT molecular complexity index is 475. The number of rotatable bonds is 1. The zero-order chi connectivity index (χ0) is 13.2. The fourth-order valence-corrected chi connectivity index (χ4v) is 4.41. The van der Waals surface area contributed by atoms with Crippen molar-refractivity contribution in [1.82, 2.24) is 4.90 Å². The SMILES string of the molecule is Nc1sc2c(c1C(=O)N1CCCC1)CCCCCC2. The van der Waals surface area contributed by atoms with Gasteiger partial charge in [-0.05, 0) is 44.1 Å². The molecule has 1 aliphatic carbocycles. The molecule has 2 heterocycles. The molecule has 2 N–H and O–H groups in total. The fraction of sp³-hybridized carbons (Fsp3) is 0.667. The third-order valence-corrected chi connectivity index (χ3v) is 5.43. The minimum absolute atomic E-state index is 0.188. The molecule has 1 fully saturated rings. The number of fused-ring (bicyclic) bond motifs is 1. The maximum absolute atomic E-state index is 12.7. The molecule has 1 aromatic heterocycles. The van der Waals surface area contributed by atoms with E-state index < -0.39 is 0 Å². The average Bonchev–Trinajstić information content (AvgIpc) is 2.98. The molecule has 1 amide bonds. The number of nitrogens with zero attached hydrogens (tertiary/aromatic N) is 1. The fourth-order valence-electron chi connectivity index (χ4n) is 3.25. The van der Waals surface area contributed by atoms with Gasteiger partial charge in [0.1, 0.15) is 0 Å². The van der Waals surface area contributed by atoms with E-state index in [1.165, 1.54) is 36.1 Å². The van der Waals surface area contributed by atoms with E-state index in [-0.39, 0.29) is 5.91 Å². The van der Waals surface area contributed by atoms with E-state index >= 15 is 0 Å². The van der Waals surface area contributed by atoms with Gasteiger partial charge in [0.2, 0.25) is 0 Å². The van der Waals surface area contributed by atoms with Gasteiger partial charge in [-0.15, -0.1) is 11.3 Å². The van der Waals surface area contributed by atoms with Crippen LogP contribution in [0.1, 0.15) is 59.3 Å². The summed E-state index contributed by atoms with van der Waals surface area (Å²) < 4.78 is 0. The first-order chi connectivity index (χ1) is 9.27. The van der Waals surface area contributed by atoms with Crippen molar-refractivity contribution >= 4 is 22.2 Å². The van der Waals surface area contributed by atoms with Crippen LogP contribution in [-0.2, 0) is 12.8 Å². The van der Waals surface area contributed by atoms with Crippen molar-refractivity contribution in [2.45, 2.75) is 51.4 Å². The summed E-state index contributed by atoms with van der Waals surface area (Å²) in [6.45, 7) is 1.81. The number of nitrogens with two attached hydrogens (primary N) is 1. The lowest BCUT2D eigenvalue weighted by Gasteiger charge is -2.17. The van der Waals surface area contributed by atoms with Crippen LogP contribution in [0.15, 0.2) is 0 Å². The van der Waals surface area contributed by atoms with Gasteiger partial charge >= 0.3 is 0 Å².